The number of aromatic nitrogens is 4. The van der Waals surface area contributed by atoms with E-state index in [9.17, 15) is 17.8 Å². The molecule has 0 saturated heterocycles. The van der Waals surface area contributed by atoms with Gasteiger partial charge in [0.1, 0.15) is 12.1 Å². The number of rotatable bonds is 13. The van der Waals surface area contributed by atoms with Crippen LogP contribution in [0.5, 0.6) is 5.88 Å². The highest BCUT2D eigenvalue weighted by molar-refractivity contribution is 7.85. The molecule has 5 rings (SSSR count). The van der Waals surface area contributed by atoms with Crippen LogP contribution in [0, 0.1) is 0 Å². The smallest absolute Gasteiger partial charge is 0.294 e. The molecule has 1 aliphatic rings. The van der Waals surface area contributed by atoms with Gasteiger partial charge in [0.25, 0.3) is 10.1 Å². The van der Waals surface area contributed by atoms with Crippen molar-refractivity contribution in [2.75, 3.05) is 17.2 Å². The molecule has 236 valence electrons. The van der Waals surface area contributed by atoms with E-state index in [2.05, 4.69) is 36.7 Å². The summed E-state index contributed by atoms with van der Waals surface area (Å²) in [5, 5.41) is 2.98. The quantitative estimate of drug-likeness (QED) is 0.118. The highest BCUT2D eigenvalue weighted by Crippen LogP contribution is 2.48. The van der Waals surface area contributed by atoms with E-state index in [0.717, 1.165) is 47.3 Å². The first-order valence-electron chi connectivity index (χ1n) is 14.6. The fourth-order valence-corrected chi connectivity index (χ4v) is 6.03. The van der Waals surface area contributed by atoms with Gasteiger partial charge in [-0.1, -0.05) is 57.2 Å². The fourth-order valence-electron chi connectivity index (χ4n) is 5.52. The average Bonchev–Trinajstić information content (AvgIpc) is 3.55. The number of nitrogens with one attached hydrogen (secondary N) is 2. The zero-order valence-corrected chi connectivity index (χ0v) is 26.1. The second-order valence-electron chi connectivity index (χ2n) is 11.4. The molecule has 0 aliphatic carbocycles. The van der Waals surface area contributed by atoms with Gasteiger partial charge >= 0.3 is 0 Å². The summed E-state index contributed by atoms with van der Waals surface area (Å²) >= 11 is 0. The standard InChI is InChI=1S/C32H37N7O5S/c1-4-8-26-32(2,3)24-17-23(45(41,42)43)14-15-25(24)39(26)16-7-5-6-9-27(40)34-18-21-10-12-22(13-11-21)19-44-30-28-29(36-20-35-28)37-31(33)38-30/h4,8,10-15,17,20H,1,5-7,9,16,18-19H2,2-3H3,(H,34,40)(H,41,42,43)(H3,33,35,36,37,38). The Kier molecular flexibility index (Phi) is 9.21. The molecule has 0 saturated carbocycles. The van der Waals surface area contributed by atoms with Crippen molar-refractivity contribution in [1.82, 2.24) is 25.3 Å². The van der Waals surface area contributed by atoms with E-state index in [-0.39, 0.29) is 23.4 Å². The number of aromatic amines is 1. The summed E-state index contributed by atoms with van der Waals surface area (Å²) < 4.78 is 38.9. The van der Waals surface area contributed by atoms with Crippen molar-refractivity contribution in [3.63, 3.8) is 0 Å². The van der Waals surface area contributed by atoms with E-state index in [0.29, 0.717) is 36.6 Å². The largest absolute Gasteiger partial charge is 0.471 e. The number of imidazole rings is 1. The van der Waals surface area contributed by atoms with Crippen LogP contribution in [0.2, 0.25) is 0 Å². The normalized spacial score (nSPS) is 14.9. The molecule has 1 aliphatic heterocycles. The topological polar surface area (TPSA) is 176 Å². The van der Waals surface area contributed by atoms with Gasteiger partial charge in [-0.15, -0.1) is 0 Å². The molecule has 0 radical (unpaired) electrons. The summed E-state index contributed by atoms with van der Waals surface area (Å²) in [6.45, 7) is 9.31. The van der Waals surface area contributed by atoms with E-state index in [1.54, 1.807) is 18.2 Å². The molecule has 0 fully saturated rings. The highest BCUT2D eigenvalue weighted by Gasteiger charge is 2.40. The lowest BCUT2D eigenvalue weighted by Crippen LogP contribution is -2.27. The molecule has 2 aromatic heterocycles. The maximum Gasteiger partial charge on any atom is 0.294 e. The number of hydrogen-bond donors (Lipinski definition) is 4. The molecule has 0 unspecified atom stereocenters. The Balaban J connectivity index is 1.06. The van der Waals surface area contributed by atoms with E-state index in [1.165, 1.54) is 12.4 Å². The average molecular weight is 632 g/mol. The zero-order valence-electron chi connectivity index (χ0n) is 25.3. The third kappa shape index (κ3) is 7.15. The van der Waals surface area contributed by atoms with Crippen LogP contribution in [0.4, 0.5) is 11.6 Å². The molecule has 0 atom stereocenters. The molecule has 13 heteroatoms. The van der Waals surface area contributed by atoms with Crippen molar-refractivity contribution in [2.24, 2.45) is 0 Å². The summed E-state index contributed by atoms with van der Waals surface area (Å²) in [7, 11) is -4.31. The number of ether oxygens (including phenoxy) is 1. The van der Waals surface area contributed by atoms with Crippen LogP contribution in [0.1, 0.15) is 56.2 Å². The van der Waals surface area contributed by atoms with E-state index < -0.39 is 15.5 Å². The number of benzene rings is 2. The second-order valence-corrected chi connectivity index (χ2v) is 12.8. The summed E-state index contributed by atoms with van der Waals surface area (Å²) in [6.07, 6.45) is 8.02. The third-order valence-electron chi connectivity index (χ3n) is 7.88. The molecule has 4 aromatic rings. The van der Waals surface area contributed by atoms with Crippen molar-refractivity contribution < 1.29 is 22.5 Å². The van der Waals surface area contributed by atoms with E-state index >= 15 is 0 Å². The van der Waals surface area contributed by atoms with Crippen LogP contribution in [0.25, 0.3) is 11.2 Å². The van der Waals surface area contributed by atoms with Gasteiger partial charge in [0.15, 0.2) is 5.65 Å². The van der Waals surface area contributed by atoms with Gasteiger partial charge in [0.05, 0.1) is 11.2 Å². The van der Waals surface area contributed by atoms with Crippen LogP contribution < -0.4 is 20.7 Å². The number of allylic oxidation sites excluding steroid dienone is 3. The van der Waals surface area contributed by atoms with Crippen LogP contribution in [0.15, 0.2) is 78.1 Å². The van der Waals surface area contributed by atoms with Crippen molar-refractivity contribution in [2.45, 2.75) is 63.0 Å². The van der Waals surface area contributed by atoms with Crippen molar-refractivity contribution in [3.05, 3.63) is 89.9 Å². The summed E-state index contributed by atoms with van der Waals surface area (Å²) in [4.78, 5) is 29.8. The van der Waals surface area contributed by atoms with Gasteiger partial charge in [0.2, 0.25) is 17.7 Å². The first-order chi connectivity index (χ1) is 21.5. The Morgan fingerprint density at radius 1 is 1.13 bits per heavy atom. The van der Waals surface area contributed by atoms with E-state index in [1.807, 2.05) is 44.2 Å². The first kappa shape index (κ1) is 31.7. The van der Waals surface area contributed by atoms with Crippen molar-refractivity contribution in [1.29, 1.82) is 0 Å². The second kappa shape index (κ2) is 13.1. The molecule has 2 aromatic carbocycles. The van der Waals surface area contributed by atoms with Crippen LogP contribution in [-0.2, 0) is 33.5 Å². The fraction of sp³-hybridized carbons (Fsp3) is 0.312. The van der Waals surface area contributed by atoms with Gasteiger partial charge in [0, 0.05) is 36.3 Å². The zero-order chi connectivity index (χ0) is 32.2. The minimum atomic E-state index is -4.31. The lowest BCUT2D eigenvalue weighted by molar-refractivity contribution is -0.121. The highest BCUT2D eigenvalue weighted by atomic mass is 32.2. The molecule has 5 N–H and O–H groups in total. The predicted octanol–water partition coefficient (Wildman–Crippen LogP) is 4.81. The Hall–Kier alpha value is -4.75. The van der Waals surface area contributed by atoms with Gasteiger partial charge < -0.3 is 25.7 Å². The van der Waals surface area contributed by atoms with Gasteiger partial charge in [-0.3, -0.25) is 9.35 Å². The molecule has 45 heavy (non-hydrogen) atoms. The first-order valence-corrected chi connectivity index (χ1v) is 16.1. The lowest BCUT2D eigenvalue weighted by Gasteiger charge is -2.27. The number of H-pyrrole nitrogens is 1. The number of carbonyl (C=O) groups is 1. The van der Waals surface area contributed by atoms with Gasteiger partial charge in [-0.2, -0.15) is 18.4 Å². The predicted molar refractivity (Wildman–Crippen MR) is 172 cm³/mol. The number of fused-ring (bicyclic) bond motifs is 2. The number of nitrogens with two attached hydrogens (primary N) is 1. The summed E-state index contributed by atoms with van der Waals surface area (Å²) in [6, 6.07) is 12.5. The Morgan fingerprint density at radius 2 is 1.89 bits per heavy atom. The molecular formula is C32H37N7O5S. The molecule has 0 spiro atoms. The SMILES string of the molecule is C=CC=C1N(CCCCCC(=O)NCc2ccc(COc3nc(N)nc4nc[nH]c34)cc2)c2ccc(S(=O)(=O)O)cc2C1(C)C. The minimum absolute atomic E-state index is 0.00929. The number of hydrogen-bond acceptors (Lipinski definition) is 9. The van der Waals surface area contributed by atoms with Gasteiger partial charge in [-0.25, -0.2) is 4.98 Å². The van der Waals surface area contributed by atoms with Crippen LogP contribution in [0.3, 0.4) is 0 Å². The number of nitrogens with zero attached hydrogens (tertiary/aromatic N) is 4. The van der Waals surface area contributed by atoms with Gasteiger partial charge in [-0.05, 0) is 53.8 Å². The van der Waals surface area contributed by atoms with Crippen molar-refractivity contribution in [3.8, 4) is 5.88 Å². The number of nitrogen functional groups attached to an aromatic ring is 1. The number of carbonyl (C=O) groups excluding carboxylic acids is 1. The Bertz CT molecular complexity index is 1850. The summed E-state index contributed by atoms with van der Waals surface area (Å²) in [5.41, 5.74) is 11.0. The molecular weight excluding hydrogens is 594 g/mol. The number of anilines is 2. The monoisotopic (exact) mass is 631 g/mol. The lowest BCUT2D eigenvalue weighted by atomic mass is 9.84. The molecule has 0 bridgehead atoms. The maximum atomic E-state index is 12.5. The van der Waals surface area contributed by atoms with Crippen LogP contribution >= 0.6 is 0 Å². The molecule has 12 nitrogen and oxygen atoms in total. The Labute approximate surface area is 262 Å². The minimum Gasteiger partial charge on any atom is -0.471 e. The third-order valence-corrected chi connectivity index (χ3v) is 8.73. The molecule has 3 heterocycles. The molecule has 1 amide bonds. The number of unbranched alkanes of at least 4 members (excludes halogenated alkanes) is 2. The maximum absolute atomic E-state index is 12.5. The summed E-state index contributed by atoms with van der Waals surface area (Å²) in [5.74, 6) is 0.416. The van der Waals surface area contributed by atoms with Crippen LogP contribution in [-0.4, -0.2) is 45.4 Å². The van der Waals surface area contributed by atoms with Crippen molar-refractivity contribution >= 4 is 38.8 Å². The van der Waals surface area contributed by atoms with E-state index in [4.69, 9.17) is 10.5 Å². The Morgan fingerprint density at radius 3 is 2.62 bits per heavy atom. The number of amides is 1.